The van der Waals surface area contributed by atoms with E-state index in [0.717, 1.165) is 5.56 Å². The van der Waals surface area contributed by atoms with Crippen LogP contribution >= 0.6 is 0 Å². The summed E-state index contributed by atoms with van der Waals surface area (Å²) < 4.78 is 6.19. The summed E-state index contributed by atoms with van der Waals surface area (Å²) in [5, 5.41) is 8.79. The van der Waals surface area contributed by atoms with Crippen LogP contribution in [0.25, 0.3) is 0 Å². The molecule has 4 nitrogen and oxygen atoms in total. The van der Waals surface area contributed by atoms with Gasteiger partial charge in [0.2, 0.25) is 0 Å². The molecule has 0 amide bonds. The van der Waals surface area contributed by atoms with E-state index in [4.69, 9.17) is 9.68 Å². The van der Waals surface area contributed by atoms with E-state index >= 15 is 0 Å². The molecule has 0 aliphatic carbocycles. The maximum absolute atomic E-state index is 11.3. The minimum atomic E-state index is -0.394. The van der Waals surface area contributed by atoms with Gasteiger partial charge in [0.05, 0.1) is 17.7 Å². The lowest BCUT2D eigenvalue weighted by Gasteiger charge is -2.11. The average Bonchev–Trinajstić information content (AvgIpc) is 2.74. The molecular formula is C12H10N2O2. The molecule has 0 aliphatic rings. The van der Waals surface area contributed by atoms with E-state index < -0.39 is 5.76 Å². The van der Waals surface area contributed by atoms with Crippen molar-refractivity contribution in [3.8, 4) is 6.07 Å². The van der Waals surface area contributed by atoms with Crippen molar-refractivity contribution < 1.29 is 4.42 Å². The summed E-state index contributed by atoms with van der Waals surface area (Å²) in [4.78, 5) is 11.3. The van der Waals surface area contributed by atoms with E-state index in [9.17, 15) is 4.79 Å². The van der Waals surface area contributed by atoms with Crippen molar-refractivity contribution in [1.29, 1.82) is 5.26 Å². The third-order valence-corrected chi connectivity index (χ3v) is 2.52. The third kappa shape index (κ3) is 1.75. The smallest absolute Gasteiger partial charge is 0.416 e. The first-order chi connectivity index (χ1) is 7.72. The Bertz CT molecular complexity index is 589. The molecule has 2 aromatic rings. The zero-order valence-electron chi connectivity index (χ0n) is 8.75. The van der Waals surface area contributed by atoms with Crippen LogP contribution in [0.15, 0.2) is 45.9 Å². The zero-order valence-corrected chi connectivity index (χ0v) is 8.75. The van der Waals surface area contributed by atoms with Crippen LogP contribution in [-0.4, -0.2) is 4.57 Å². The van der Waals surface area contributed by atoms with Gasteiger partial charge >= 0.3 is 5.76 Å². The van der Waals surface area contributed by atoms with Crippen LogP contribution in [0.4, 0.5) is 0 Å². The molecule has 1 aromatic heterocycles. The lowest BCUT2D eigenvalue weighted by atomic mass is 10.1. The lowest BCUT2D eigenvalue weighted by Crippen LogP contribution is -2.18. The van der Waals surface area contributed by atoms with Crippen molar-refractivity contribution >= 4 is 0 Å². The summed E-state index contributed by atoms with van der Waals surface area (Å²) in [6.45, 7) is 1.88. The number of benzene rings is 1. The topological polar surface area (TPSA) is 58.9 Å². The SMILES string of the molecule is C[C@H](c1cccc(C#N)c1)n1ccoc1=O. The Kier molecular flexibility index (Phi) is 2.61. The second-order valence-corrected chi connectivity index (χ2v) is 3.49. The monoisotopic (exact) mass is 214 g/mol. The summed E-state index contributed by atoms with van der Waals surface area (Å²) in [6, 6.07) is 9.11. The Morgan fingerprint density at radius 2 is 2.31 bits per heavy atom. The minimum absolute atomic E-state index is 0.139. The first-order valence-electron chi connectivity index (χ1n) is 4.88. The lowest BCUT2D eigenvalue weighted by molar-refractivity contribution is 0.465. The molecule has 1 heterocycles. The zero-order chi connectivity index (χ0) is 11.5. The van der Waals surface area contributed by atoms with Crippen molar-refractivity contribution in [2.24, 2.45) is 0 Å². The summed E-state index contributed by atoms with van der Waals surface area (Å²) in [6.07, 6.45) is 2.94. The molecule has 1 atom stereocenters. The van der Waals surface area contributed by atoms with Gasteiger partial charge in [-0.1, -0.05) is 12.1 Å². The largest absolute Gasteiger partial charge is 0.419 e. The Morgan fingerprint density at radius 1 is 1.50 bits per heavy atom. The fraction of sp³-hybridized carbons (Fsp3) is 0.167. The molecule has 80 valence electrons. The van der Waals surface area contributed by atoms with Crippen LogP contribution in [0.5, 0.6) is 0 Å². The summed E-state index contributed by atoms with van der Waals surface area (Å²) in [5.41, 5.74) is 1.49. The third-order valence-electron chi connectivity index (χ3n) is 2.52. The number of oxazole rings is 1. The highest BCUT2D eigenvalue weighted by molar-refractivity contribution is 5.34. The van der Waals surface area contributed by atoms with Gasteiger partial charge in [0.15, 0.2) is 0 Å². The molecule has 0 N–H and O–H groups in total. The second kappa shape index (κ2) is 4.07. The fourth-order valence-corrected chi connectivity index (χ4v) is 1.59. The van der Waals surface area contributed by atoms with Crippen LogP contribution in [0.1, 0.15) is 24.1 Å². The van der Waals surface area contributed by atoms with Gasteiger partial charge in [-0.25, -0.2) is 4.79 Å². The maximum Gasteiger partial charge on any atom is 0.419 e. The van der Waals surface area contributed by atoms with Gasteiger partial charge < -0.3 is 4.42 Å². The van der Waals surface area contributed by atoms with Gasteiger partial charge in [-0.05, 0) is 24.6 Å². The summed E-state index contributed by atoms with van der Waals surface area (Å²) in [7, 11) is 0. The quantitative estimate of drug-likeness (QED) is 0.767. The van der Waals surface area contributed by atoms with Gasteiger partial charge in [-0.3, -0.25) is 4.57 Å². The Hall–Kier alpha value is -2.28. The van der Waals surface area contributed by atoms with Gasteiger partial charge in [0.1, 0.15) is 6.26 Å². The number of aromatic nitrogens is 1. The molecule has 0 fully saturated rings. The number of hydrogen-bond donors (Lipinski definition) is 0. The van der Waals surface area contributed by atoms with Crippen LogP contribution in [0, 0.1) is 11.3 Å². The predicted molar refractivity (Wildman–Crippen MR) is 57.9 cm³/mol. The minimum Gasteiger partial charge on any atom is -0.416 e. The molecule has 0 unspecified atom stereocenters. The van der Waals surface area contributed by atoms with Crippen LogP contribution in [-0.2, 0) is 0 Å². The molecule has 0 bridgehead atoms. The molecule has 2 rings (SSSR count). The van der Waals surface area contributed by atoms with E-state index in [2.05, 4.69) is 6.07 Å². The van der Waals surface area contributed by atoms with Crippen LogP contribution in [0.2, 0.25) is 0 Å². The first-order valence-corrected chi connectivity index (χ1v) is 4.88. The molecule has 0 saturated carbocycles. The second-order valence-electron chi connectivity index (χ2n) is 3.49. The highest BCUT2D eigenvalue weighted by Crippen LogP contribution is 2.17. The maximum atomic E-state index is 11.3. The number of nitrogens with zero attached hydrogens (tertiary/aromatic N) is 2. The van der Waals surface area contributed by atoms with Crippen molar-refractivity contribution in [2.45, 2.75) is 13.0 Å². The normalized spacial score (nSPS) is 12.0. The Labute approximate surface area is 92.4 Å². The van der Waals surface area contributed by atoms with Crippen LogP contribution in [0.3, 0.4) is 0 Å². The number of nitriles is 1. The average molecular weight is 214 g/mol. The molecule has 0 spiro atoms. The fourth-order valence-electron chi connectivity index (χ4n) is 1.59. The Morgan fingerprint density at radius 3 is 2.94 bits per heavy atom. The van der Waals surface area contributed by atoms with E-state index in [-0.39, 0.29) is 6.04 Å². The molecule has 16 heavy (non-hydrogen) atoms. The predicted octanol–water partition coefficient (Wildman–Crippen LogP) is 1.92. The van der Waals surface area contributed by atoms with Crippen molar-refractivity contribution in [1.82, 2.24) is 4.57 Å². The molecule has 0 saturated heterocycles. The molecule has 4 heteroatoms. The van der Waals surface area contributed by atoms with E-state index in [1.807, 2.05) is 13.0 Å². The number of hydrogen-bond acceptors (Lipinski definition) is 3. The van der Waals surface area contributed by atoms with E-state index in [1.165, 1.54) is 10.8 Å². The first kappa shape index (κ1) is 10.2. The number of rotatable bonds is 2. The highest BCUT2D eigenvalue weighted by atomic mass is 16.4. The summed E-state index contributed by atoms with van der Waals surface area (Å²) in [5.74, 6) is -0.394. The molecule has 1 aromatic carbocycles. The Balaban J connectivity index is 2.42. The van der Waals surface area contributed by atoms with Crippen LogP contribution < -0.4 is 5.76 Å². The standard InChI is InChI=1S/C12H10N2O2/c1-9(14-5-6-16-12(14)15)11-4-2-3-10(7-11)8-13/h2-7,9H,1H3/t9-/m1/s1. The van der Waals surface area contributed by atoms with Crippen molar-refractivity contribution in [2.75, 3.05) is 0 Å². The summed E-state index contributed by atoms with van der Waals surface area (Å²) >= 11 is 0. The van der Waals surface area contributed by atoms with E-state index in [1.54, 1.807) is 24.4 Å². The van der Waals surface area contributed by atoms with Gasteiger partial charge in [-0.15, -0.1) is 0 Å². The molecule has 0 aliphatic heterocycles. The van der Waals surface area contributed by atoms with Gasteiger partial charge in [-0.2, -0.15) is 5.26 Å². The molecular weight excluding hydrogens is 204 g/mol. The van der Waals surface area contributed by atoms with Gasteiger partial charge in [0, 0.05) is 6.20 Å². The van der Waals surface area contributed by atoms with E-state index in [0.29, 0.717) is 5.56 Å². The molecule has 0 radical (unpaired) electrons. The van der Waals surface area contributed by atoms with Crippen molar-refractivity contribution in [3.63, 3.8) is 0 Å². The van der Waals surface area contributed by atoms with Gasteiger partial charge in [0.25, 0.3) is 0 Å². The van der Waals surface area contributed by atoms with Crippen molar-refractivity contribution in [3.05, 3.63) is 58.4 Å². The highest BCUT2D eigenvalue weighted by Gasteiger charge is 2.10.